The molecule has 27 heavy (non-hydrogen) atoms. The lowest BCUT2D eigenvalue weighted by atomic mass is 9.95. The van der Waals surface area contributed by atoms with Gasteiger partial charge in [-0.05, 0) is 33.6 Å². The third-order valence-corrected chi connectivity index (χ3v) is 4.87. The molecule has 8 heteroatoms. The average Bonchev–Trinajstić information content (AvgIpc) is 3.10. The van der Waals surface area contributed by atoms with Crippen molar-refractivity contribution < 1.29 is 19.1 Å². The van der Waals surface area contributed by atoms with Gasteiger partial charge in [0, 0.05) is 18.9 Å². The maximum Gasteiger partial charge on any atom is 0.408 e. The summed E-state index contributed by atoms with van der Waals surface area (Å²) in [6.45, 7) is 6.74. The second-order valence-corrected chi connectivity index (χ2v) is 8.16. The predicted octanol–water partition coefficient (Wildman–Crippen LogP) is 2.21. The highest BCUT2D eigenvalue weighted by atomic mass is 16.6. The first kappa shape index (κ1) is 19.5. The largest absolute Gasteiger partial charge is 0.444 e. The quantitative estimate of drug-likeness (QED) is 0.869. The number of rotatable bonds is 3. The Labute approximate surface area is 159 Å². The summed E-state index contributed by atoms with van der Waals surface area (Å²) in [7, 11) is 0. The van der Waals surface area contributed by atoms with Gasteiger partial charge in [-0.1, -0.05) is 12.8 Å². The molecule has 3 rings (SSSR count). The second kappa shape index (κ2) is 7.80. The van der Waals surface area contributed by atoms with Crippen LogP contribution < -0.4 is 5.32 Å². The van der Waals surface area contributed by atoms with Crippen molar-refractivity contribution in [2.45, 2.75) is 63.7 Å². The summed E-state index contributed by atoms with van der Waals surface area (Å²) >= 11 is 0. The van der Waals surface area contributed by atoms with E-state index >= 15 is 0 Å². The molecule has 2 heterocycles. The molecule has 1 aromatic heterocycles. The Hall–Kier alpha value is -2.22. The minimum atomic E-state index is -0.896. The Balaban J connectivity index is 1.72. The van der Waals surface area contributed by atoms with E-state index in [0.717, 1.165) is 12.8 Å². The lowest BCUT2D eigenvalue weighted by molar-refractivity contribution is -0.146. The summed E-state index contributed by atoms with van der Waals surface area (Å²) in [5, 5.41) is 2.88. The van der Waals surface area contributed by atoms with Crippen LogP contribution in [0.15, 0.2) is 18.6 Å². The monoisotopic (exact) mass is 376 g/mol. The number of morpholine rings is 1. The van der Waals surface area contributed by atoms with E-state index < -0.39 is 17.2 Å². The van der Waals surface area contributed by atoms with E-state index in [-0.39, 0.29) is 12.0 Å². The number of hydrogen-bond acceptors (Lipinski definition) is 6. The van der Waals surface area contributed by atoms with E-state index in [0.29, 0.717) is 38.2 Å². The minimum absolute atomic E-state index is 0.0666. The summed E-state index contributed by atoms with van der Waals surface area (Å²) in [5.74, 6) is -0.0666. The van der Waals surface area contributed by atoms with Gasteiger partial charge < -0.3 is 19.7 Å². The van der Waals surface area contributed by atoms with Gasteiger partial charge in [-0.15, -0.1) is 0 Å². The molecule has 0 aromatic carbocycles. The van der Waals surface area contributed by atoms with Gasteiger partial charge in [0.2, 0.25) is 5.91 Å². The van der Waals surface area contributed by atoms with E-state index in [9.17, 15) is 9.59 Å². The van der Waals surface area contributed by atoms with Crippen LogP contribution in [0, 0.1) is 0 Å². The number of nitrogens with zero attached hydrogens (tertiary/aromatic N) is 3. The first-order valence-electron chi connectivity index (χ1n) is 9.47. The molecule has 2 aliphatic rings. The van der Waals surface area contributed by atoms with Crippen LogP contribution >= 0.6 is 0 Å². The number of nitrogens with one attached hydrogen (secondary N) is 1. The Bertz CT molecular complexity index is 668. The van der Waals surface area contributed by atoms with Crippen molar-refractivity contribution in [3.05, 3.63) is 24.3 Å². The molecule has 148 valence electrons. The highest BCUT2D eigenvalue weighted by Gasteiger charge is 2.46. The normalized spacial score (nSPS) is 22.3. The number of ether oxygens (including phenoxy) is 2. The number of aromatic nitrogens is 2. The molecular formula is C19H28N4O4. The van der Waals surface area contributed by atoms with Gasteiger partial charge >= 0.3 is 6.09 Å². The third kappa shape index (κ3) is 4.74. The molecule has 0 unspecified atom stereocenters. The van der Waals surface area contributed by atoms with Crippen molar-refractivity contribution in [2.24, 2.45) is 0 Å². The number of alkyl carbamates (subject to hydrolysis) is 1. The van der Waals surface area contributed by atoms with Crippen molar-refractivity contribution >= 4 is 12.0 Å². The van der Waals surface area contributed by atoms with Gasteiger partial charge in [0.05, 0.1) is 25.0 Å². The molecule has 1 aromatic rings. The van der Waals surface area contributed by atoms with E-state index in [1.807, 2.05) is 20.8 Å². The van der Waals surface area contributed by atoms with Gasteiger partial charge in [0.25, 0.3) is 0 Å². The maximum absolute atomic E-state index is 13.4. The molecule has 1 aliphatic heterocycles. The van der Waals surface area contributed by atoms with Gasteiger partial charge in [-0.2, -0.15) is 0 Å². The topological polar surface area (TPSA) is 93.7 Å². The highest BCUT2D eigenvalue weighted by molar-refractivity contribution is 5.90. The number of carbonyl (C=O) groups excluding carboxylic acids is 2. The third-order valence-electron chi connectivity index (χ3n) is 4.87. The molecule has 2 fully saturated rings. The van der Waals surface area contributed by atoms with Crippen LogP contribution in [0.25, 0.3) is 0 Å². The Morgan fingerprint density at radius 3 is 2.67 bits per heavy atom. The molecule has 1 saturated heterocycles. The Morgan fingerprint density at radius 2 is 2.04 bits per heavy atom. The minimum Gasteiger partial charge on any atom is -0.444 e. The van der Waals surface area contributed by atoms with E-state index in [1.165, 1.54) is 0 Å². The second-order valence-electron chi connectivity index (χ2n) is 8.16. The zero-order valence-corrected chi connectivity index (χ0v) is 16.2. The molecule has 1 atom stereocenters. The molecular weight excluding hydrogens is 348 g/mol. The van der Waals surface area contributed by atoms with Crippen LogP contribution in [0.1, 0.15) is 58.3 Å². The van der Waals surface area contributed by atoms with Crippen molar-refractivity contribution in [2.75, 3.05) is 19.7 Å². The molecule has 1 aliphatic carbocycles. The fourth-order valence-electron chi connectivity index (χ4n) is 3.66. The standard InChI is InChI=1S/C19H28N4O4/c1-18(2,3)27-17(25)22-19(6-4-5-7-19)16(24)23-10-11-26-15(13-23)14-12-20-8-9-21-14/h8-9,12,15H,4-7,10-11,13H2,1-3H3,(H,22,25)/t15-/m0/s1. The van der Waals surface area contributed by atoms with Crippen LogP contribution in [0.4, 0.5) is 4.79 Å². The molecule has 1 saturated carbocycles. The average molecular weight is 376 g/mol. The lowest BCUT2D eigenvalue weighted by Crippen LogP contribution is -2.60. The Morgan fingerprint density at radius 1 is 1.30 bits per heavy atom. The van der Waals surface area contributed by atoms with E-state index in [2.05, 4.69) is 15.3 Å². The van der Waals surface area contributed by atoms with E-state index in [4.69, 9.17) is 9.47 Å². The van der Waals surface area contributed by atoms with Crippen LogP contribution in [0.5, 0.6) is 0 Å². The van der Waals surface area contributed by atoms with Crippen molar-refractivity contribution in [1.29, 1.82) is 0 Å². The summed E-state index contributed by atoms with van der Waals surface area (Å²) in [4.78, 5) is 35.8. The molecule has 8 nitrogen and oxygen atoms in total. The van der Waals surface area contributed by atoms with Gasteiger partial charge in [0.1, 0.15) is 17.2 Å². The van der Waals surface area contributed by atoms with Gasteiger partial charge in [-0.25, -0.2) is 4.79 Å². The van der Waals surface area contributed by atoms with Crippen LogP contribution in [-0.4, -0.2) is 57.7 Å². The summed E-state index contributed by atoms with van der Waals surface area (Å²) < 4.78 is 11.2. The summed E-state index contributed by atoms with van der Waals surface area (Å²) in [6.07, 6.45) is 7.07. The number of carbonyl (C=O) groups is 2. The molecule has 0 spiro atoms. The van der Waals surface area contributed by atoms with Crippen LogP contribution in [-0.2, 0) is 14.3 Å². The highest BCUT2D eigenvalue weighted by Crippen LogP contribution is 2.33. The maximum atomic E-state index is 13.4. The summed E-state index contributed by atoms with van der Waals surface area (Å²) in [5.41, 5.74) is -0.800. The smallest absolute Gasteiger partial charge is 0.408 e. The van der Waals surface area contributed by atoms with Crippen molar-refractivity contribution in [1.82, 2.24) is 20.2 Å². The molecule has 0 radical (unpaired) electrons. The fourth-order valence-corrected chi connectivity index (χ4v) is 3.66. The number of hydrogen-bond donors (Lipinski definition) is 1. The first-order valence-corrected chi connectivity index (χ1v) is 9.47. The number of amides is 2. The van der Waals surface area contributed by atoms with Crippen molar-refractivity contribution in [3.63, 3.8) is 0 Å². The molecule has 2 amide bonds. The van der Waals surface area contributed by atoms with E-state index in [1.54, 1.807) is 23.5 Å². The fraction of sp³-hybridized carbons (Fsp3) is 0.684. The SMILES string of the molecule is CC(C)(C)OC(=O)NC1(C(=O)N2CCO[C@H](c3cnccn3)C2)CCCC1. The van der Waals surface area contributed by atoms with Gasteiger partial charge in [-0.3, -0.25) is 14.8 Å². The Kier molecular flexibility index (Phi) is 5.64. The summed E-state index contributed by atoms with van der Waals surface area (Å²) in [6, 6.07) is 0. The first-order chi connectivity index (χ1) is 12.8. The van der Waals surface area contributed by atoms with Crippen molar-refractivity contribution in [3.8, 4) is 0 Å². The zero-order valence-electron chi connectivity index (χ0n) is 16.2. The van der Waals surface area contributed by atoms with Crippen LogP contribution in [0.2, 0.25) is 0 Å². The molecule has 1 N–H and O–H groups in total. The lowest BCUT2D eigenvalue weighted by Gasteiger charge is -2.39. The van der Waals surface area contributed by atoms with Crippen LogP contribution in [0.3, 0.4) is 0 Å². The van der Waals surface area contributed by atoms with Gasteiger partial charge in [0.15, 0.2) is 0 Å². The zero-order chi connectivity index (χ0) is 19.5. The predicted molar refractivity (Wildman–Crippen MR) is 97.9 cm³/mol. The molecule has 0 bridgehead atoms.